The van der Waals surface area contributed by atoms with Crippen LogP contribution in [0, 0.1) is 11.3 Å². The Morgan fingerprint density at radius 2 is 2.20 bits per heavy atom. The lowest BCUT2D eigenvalue weighted by atomic mass is 10.2. The first kappa shape index (κ1) is 18.1. The number of nitrogens with one attached hydrogen (secondary N) is 1. The highest BCUT2D eigenvalue weighted by Gasteiger charge is 2.13. The summed E-state index contributed by atoms with van der Waals surface area (Å²) in [4.78, 5) is 20.0. The molecule has 0 saturated heterocycles. The first-order chi connectivity index (χ1) is 12.1. The third kappa shape index (κ3) is 4.62. The molecule has 25 heavy (non-hydrogen) atoms. The van der Waals surface area contributed by atoms with E-state index < -0.39 is 0 Å². The Hall–Kier alpha value is -3.24. The maximum absolute atomic E-state index is 11.3. The Morgan fingerprint density at radius 3 is 2.76 bits per heavy atom. The molecule has 0 bridgehead atoms. The molecule has 0 aliphatic rings. The molecule has 0 radical (unpaired) electrons. The summed E-state index contributed by atoms with van der Waals surface area (Å²) in [5.74, 6) is 0.656. The predicted molar refractivity (Wildman–Crippen MR) is 99.8 cm³/mol. The molecule has 6 nitrogen and oxygen atoms in total. The number of rotatable bonds is 7. The largest absolute Gasteiger partial charge is 0.508 e. The summed E-state index contributed by atoms with van der Waals surface area (Å²) in [6, 6.07) is 8.59. The number of aromatic hydroxyl groups is 1. The van der Waals surface area contributed by atoms with Crippen LogP contribution in [-0.4, -0.2) is 22.1 Å². The van der Waals surface area contributed by atoms with Gasteiger partial charge in [-0.25, -0.2) is 9.98 Å². The number of nitriles is 1. The fourth-order valence-corrected chi connectivity index (χ4v) is 2.85. The summed E-state index contributed by atoms with van der Waals surface area (Å²) in [6.45, 7) is 5.43. The molecule has 0 aliphatic heterocycles. The molecule has 0 atom stereocenters. The van der Waals surface area contributed by atoms with Gasteiger partial charge in [-0.1, -0.05) is 17.9 Å². The Balaban J connectivity index is 2.32. The molecular weight excluding hydrogens is 336 g/mol. The summed E-state index contributed by atoms with van der Waals surface area (Å²) in [5, 5.41) is 22.4. The van der Waals surface area contributed by atoms with Gasteiger partial charge in [0.25, 0.3) is 0 Å². The minimum atomic E-state index is 0.143. The smallest absolute Gasteiger partial charge is 0.171 e. The number of thiazole rings is 1. The maximum atomic E-state index is 11.3. The molecule has 1 heterocycles. The Bertz CT molecular complexity index is 873. The molecule has 2 aromatic rings. The van der Waals surface area contributed by atoms with E-state index in [0.717, 1.165) is 5.56 Å². The lowest BCUT2D eigenvalue weighted by Gasteiger charge is -2.05. The van der Waals surface area contributed by atoms with Gasteiger partial charge in [0, 0.05) is 5.56 Å². The van der Waals surface area contributed by atoms with Crippen LogP contribution in [0.25, 0.3) is 10.6 Å². The van der Waals surface area contributed by atoms with E-state index in [1.54, 1.807) is 37.3 Å². The van der Waals surface area contributed by atoms with Crippen LogP contribution in [0.4, 0.5) is 5.00 Å². The van der Waals surface area contributed by atoms with E-state index in [9.17, 15) is 9.90 Å². The Morgan fingerprint density at radius 1 is 1.48 bits per heavy atom. The normalized spacial score (nSPS) is 11.7. The topological polar surface area (TPSA) is 98.4 Å². The van der Waals surface area contributed by atoms with Gasteiger partial charge in [0.2, 0.25) is 0 Å². The summed E-state index contributed by atoms with van der Waals surface area (Å²) in [5.41, 5.74) is 1.59. The van der Waals surface area contributed by atoms with Crippen molar-refractivity contribution in [2.75, 3.05) is 5.32 Å². The highest BCUT2D eigenvalue weighted by Crippen LogP contribution is 2.33. The minimum absolute atomic E-state index is 0.143. The van der Waals surface area contributed by atoms with Crippen LogP contribution in [0.1, 0.15) is 23.8 Å². The SMILES string of the molecule is C=C/C(CC#N)=N\C(=C/C)Nc1sc(-c2ccc(O)cc2)nc1C=O. The van der Waals surface area contributed by atoms with E-state index in [-0.39, 0.29) is 17.9 Å². The number of aliphatic imine (C=N–C) groups is 1. The molecule has 0 unspecified atom stereocenters. The number of hydrogen-bond donors (Lipinski definition) is 2. The number of aldehydes is 1. The van der Waals surface area contributed by atoms with E-state index in [1.807, 2.05) is 6.07 Å². The molecule has 0 fully saturated rings. The second-order valence-electron chi connectivity index (χ2n) is 4.84. The maximum Gasteiger partial charge on any atom is 0.171 e. The van der Waals surface area contributed by atoms with Gasteiger partial charge >= 0.3 is 0 Å². The standard InChI is InChI=1S/C18H16N4O2S/c1-3-13(9-10-19)20-16(4-2)22-18-15(11-23)21-17(25-18)12-5-7-14(24)8-6-12/h3-8,11,22,24H,1,9H2,2H3/b16-4+,20-13+. The van der Waals surface area contributed by atoms with Gasteiger partial charge in [-0.05, 0) is 43.3 Å². The van der Waals surface area contributed by atoms with Crippen LogP contribution < -0.4 is 5.32 Å². The molecular formula is C18H16N4O2S. The minimum Gasteiger partial charge on any atom is -0.508 e. The van der Waals surface area contributed by atoms with Crippen LogP contribution in [-0.2, 0) is 0 Å². The first-order valence-corrected chi connectivity index (χ1v) is 8.18. The van der Waals surface area contributed by atoms with Gasteiger partial charge in [0.1, 0.15) is 27.3 Å². The zero-order valence-electron chi connectivity index (χ0n) is 13.6. The van der Waals surface area contributed by atoms with Crippen molar-refractivity contribution in [3.05, 3.63) is 54.5 Å². The molecule has 126 valence electrons. The fourth-order valence-electron chi connectivity index (χ4n) is 1.90. The van der Waals surface area contributed by atoms with Gasteiger partial charge < -0.3 is 10.4 Å². The van der Waals surface area contributed by atoms with Crippen LogP contribution in [0.5, 0.6) is 5.75 Å². The fraction of sp³-hybridized carbons (Fsp3) is 0.111. The zero-order valence-corrected chi connectivity index (χ0v) is 14.4. The van der Waals surface area contributed by atoms with Crippen molar-refractivity contribution < 1.29 is 9.90 Å². The zero-order chi connectivity index (χ0) is 18.2. The highest BCUT2D eigenvalue weighted by molar-refractivity contribution is 7.19. The van der Waals surface area contributed by atoms with Crippen molar-refractivity contribution in [1.82, 2.24) is 4.98 Å². The van der Waals surface area contributed by atoms with Crippen molar-refractivity contribution in [3.63, 3.8) is 0 Å². The highest BCUT2D eigenvalue weighted by atomic mass is 32.1. The van der Waals surface area contributed by atoms with Crippen LogP contribution in [0.2, 0.25) is 0 Å². The number of benzene rings is 1. The van der Waals surface area contributed by atoms with Crippen molar-refractivity contribution in [2.24, 2.45) is 4.99 Å². The predicted octanol–water partition coefficient (Wildman–Crippen LogP) is 4.14. The number of phenolic OH excluding ortho intramolecular Hbond substituents is 1. The van der Waals surface area contributed by atoms with Crippen molar-refractivity contribution in [1.29, 1.82) is 5.26 Å². The average molecular weight is 352 g/mol. The van der Waals surface area contributed by atoms with E-state index >= 15 is 0 Å². The number of carbonyl (C=O) groups is 1. The second-order valence-corrected chi connectivity index (χ2v) is 5.84. The second kappa shape index (κ2) is 8.57. The molecule has 1 aromatic carbocycles. The molecule has 0 spiro atoms. The van der Waals surface area contributed by atoms with Crippen LogP contribution in [0.15, 0.2) is 53.8 Å². The number of allylic oxidation sites excluding steroid dienone is 2. The van der Waals surface area contributed by atoms with Gasteiger partial charge in [-0.15, -0.1) is 0 Å². The molecule has 1 aromatic heterocycles. The molecule has 2 N–H and O–H groups in total. The van der Waals surface area contributed by atoms with Crippen molar-refractivity contribution in [2.45, 2.75) is 13.3 Å². The third-order valence-corrected chi connectivity index (χ3v) is 4.19. The summed E-state index contributed by atoms with van der Waals surface area (Å²) >= 11 is 1.30. The van der Waals surface area contributed by atoms with E-state index in [2.05, 4.69) is 21.9 Å². The first-order valence-electron chi connectivity index (χ1n) is 7.37. The number of aromatic nitrogens is 1. The molecule has 2 rings (SSSR count). The number of nitrogens with zero attached hydrogens (tertiary/aromatic N) is 3. The molecule has 0 saturated carbocycles. The van der Waals surface area contributed by atoms with Crippen molar-refractivity contribution >= 4 is 28.3 Å². The summed E-state index contributed by atoms with van der Waals surface area (Å²) in [6.07, 6.45) is 4.06. The Kier molecular flexibility index (Phi) is 6.20. The number of phenols is 1. The van der Waals surface area contributed by atoms with Gasteiger partial charge in [-0.2, -0.15) is 5.26 Å². The van der Waals surface area contributed by atoms with Crippen LogP contribution in [0.3, 0.4) is 0 Å². The Labute approximate surface area is 149 Å². The number of hydrogen-bond acceptors (Lipinski definition) is 7. The van der Waals surface area contributed by atoms with E-state index in [1.165, 1.54) is 17.4 Å². The molecule has 7 heteroatoms. The third-order valence-electron chi connectivity index (χ3n) is 3.15. The summed E-state index contributed by atoms with van der Waals surface area (Å²) < 4.78 is 0. The lowest BCUT2D eigenvalue weighted by Crippen LogP contribution is -2.01. The van der Waals surface area contributed by atoms with Gasteiger partial charge in [0.05, 0.1) is 18.2 Å². The molecule has 0 amide bonds. The molecule has 0 aliphatic carbocycles. The van der Waals surface area contributed by atoms with E-state index in [0.29, 0.717) is 27.8 Å². The summed E-state index contributed by atoms with van der Waals surface area (Å²) in [7, 11) is 0. The average Bonchev–Trinajstić information content (AvgIpc) is 3.03. The number of anilines is 1. The van der Waals surface area contributed by atoms with Crippen LogP contribution >= 0.6 is 11.3 Å². The lowest BCUT2D eigenvalue weighted by molar-refractivity contribution is 0.112. The number of carbonyl (C=O) groups excluding carboxylic acids is 1. The van der Waals surface area contributed by atoms with Crippen molar-refractivity contribution in [3.8, 4) is 22.4 Å². The van der Waals surface area contributed by atoms with Gasteiger partial charge in [-0.3, -0.25) is 4.79 Å². The monoisotopic (exact) mass is 352 g/mol. The van der Waals surface area contributed by atoms with E-state index in [4.69, 9.17) is 5.26 Å². The quantitative estimate of drug-likeness (QED) is 0.576. The van der Waals surface area contributed by atoms with Gasteiger partial charge in [0.15, 0.2) is 6.29 Å².